The molecule has 2 aromatic carbocycles. The summed E-state index contributed by atoms with van der Waals surface area (Å²) in [6.45, 7) is 2.83. The van der Waals surface area contributed by atoms with Crippen LogP contribution >= 0.6 is 0 Å². The van der Waals surface area contributed by atoms with E-state index >= 15 is 0 Å². The Morgan fingerprint density at radius 2 is 1.75 bits per heavy atom. The molecule has 6 nitrogen and oxygen atoms in total. The molecule has 6 heteroatoms. The van der Waals surface area contributed by atoms with Gasteiger partial charge >= 0.3 is 5.97 Å². The van der Waals surface area contributed by atoms with Gasteiger partial charge in [0.15, 0.2) is 0 Å². The molecule has 0 heterocycles. The van der Waals surface area contributed by atoms with Crippen LogP contribution in [0.4, 0.5) is 0 Å². The molecule has 0 unspecified atom stereocenters. The lowest BCUT2D eigenvalue weighted by Crippen LogP contribution is -2.21. The van der Waals surface area contributed by atoms with Crippen LogP contribution in [-0.2, 0) is 16.1 Å². The van der Waals surface area contributed by atoms with Crippen LogP contribution < -0.4 is 0 Å². The van der Waals surface area contributed by atoms with E-state index in [0.29, 0.717) is 25.0 Å². The highest BCUT2D eigenvalue weighted by Gasteiger charge is 2.17. The summed E-state index contributed by atoms with van der Waals surface area (Å²) < 4.78 is 11.4. The minimum atomic E-state index is -0.370. The minimum Gasteiger partial charge on any atom is -0.462 e. The van der Waals surface area contributed by atoms with Gasteiger partial charge in [-0.3, -0.25) is 0 Å². The van der Waals surface area contributed by atoms with E-state index in [2.05, 4.69) is 16.9 Å². The van der Waals surface area contributed by atoms with E-state index < -0.39 is 0 Å². The van der Waals surface area contributed by atoms with Crippen LogP contribution in [0.3, 0.4) is 0 Å². The maximum Gasteiger partial charge on any atom is 0.338 e. The topological polar surface area (TPSA) is 84.3 Å². The first-order valence-electron chi connectivity index (χ1n) is 9.64. The van der Waals surface area contributed by atoms with E-state index in [1.54, 1.807) is 24.3 Å². The molecule has 0 radical (unpaired) electrons. The van der Waals surface area contributed by atoms with Crippen LogP contribution in [0.1, 0.15) is 48.5 Å². The molecule has 0 aliphatic heterocycles. The Morgan fingerprint density at radius 1 is 1.07 bits per heavy atom. The summed E-state index contributed by atoms with van der Waals surface area (Å²) in [4.78, 5) is 15.0. The highest BCUT2D eigenvalue weighted by Crippen LogP contribution is 2.17. The van der Waals surface area contributed by atoms with E-state index in [0.717, 1.165) is 18.4 Å². The minimum absolute atomic E-state index is 0.00877. The van der Waals surface area contributed by atoms with Crippen molar-refractivity contribution in [3.8, 4) is 0 Å². The van der Waals surface area contributed by atoms with Crippen molar-refractivity contribution in [1.82, 2.24) is 0 Å². The summed E-state index contributed by atoms with van der Waals surface area (Å²) in [6.07, 6.45) is 2.93. The number of ether oxygens (including phenoxy) is 2. The third kappa shape index (κ3) is 7.82. The summed E-state index contributed by atoms with van der Waals surface area (Å²) >= 11 is 0. The van der Waals surface area contributed by atoms with Crippen LogP contribution in [0.15, 0.2) is 65.8 Å². The molecule has 2 aromatic rings. The van der Waals surface area contributed by atoms with Gasteiger partial charge in [-0.25, -0.2) is 4.79 Å². The molecule has 0 amide bonds. The number of carbonyl (C=O) groups is 1. The van der Waals surface area contributed by atoms with Gasteiger partial charge in [0, 0.05) is 11.0 Å². The van der Waals surface area contributed by atoms with E-state index in [9.17, 15) is 4.79 Å². The zero-order valence-electron chi connectivity index (χ0n) is 16.2. The molecule has 0 aliphatic carbocycles. The third-order valence-corrected chi connectivity index (χ3v) is 4.38. The molecule has 2 atom stereocenters. The molecule has 0 N–H and O–H groups in total. The number of rotatable bonds is 12. The van der Waals surface area contributed by atoms with E-state index in [1.165, 1.54) is 0 Å². The molecular formula is C22H27N3O3. The first kappa shape index (κ1) is 21.5. The molecule has 0 saturated carbocycles. The number of carbonyl (C=O) groups excluding carboxylic acids is 1. The highest BCUT2D eigenvalue weighted by molar-refractivity contribution is 5.89. The fraction of sp³-hybridized carbons (Fsp3) is 0.409. The molecule has 28 heavy (non-hydrogen) atoms. The fourth-order valence-electron chi connectivity index (χ4n) is 2.92. The molecule has 0 spiro atoms. The Labute approximate surface area is 166 Å². The lowest BCUT2D eigenvalue weighted by molar-refractivity contribution is 0.0218. The van der Waals surface area contributed by atoms with Gasteiger partial charge in [0.1, 0.15) is 0 Å². The van der Waals surface area contributed by atoms with Crippen molar-refractivity contribution < 1.29 is 14.3 Å². The highest BCUT2D eigenvalue weighted by atomic mass is 16.5. The van der Waals surface area contributed by atoms with Gasteiger partial charge < -0.3 is 9.47 Å². The first-order valence-corrected chi connectivity index (χ1v) is 9.64. The van der Waals surface area contributed by atoms with E-state index in [1.807, 2.05) is 36.4 Å². The number of benzene rings is 2. The average molecular weight is 381 g/mol. The first-order chi connectivity index (χ1) is 13.7. The van der Waals surface area contributed by atoms with Crippen molar-refractivity contribution in [3.05, 3.63) is 82.2 Å². The zero-order chi connectivity index (χ0) is 20.0. The average Bonchev–Trinajstić information content (AvgIpc) is 2.73. The van der Waals surface area contributed by atoms with Gasteiger partial charge in [0.25, 0.3) is 0 Å². The summed E-state index contributed by atoms with van der Waals surface area (Å²) in [7, 11) is 0. The van der Waals surface area contributed by atoms with Crippen molar-refractivity contribution in [2.75, 3.05) is 6.61 Å². The van der Waals surface area contributed by atoms with Crippen LogP contribution in [-0.4, -0.2) is 24.7 Å². The standard InChI is InChI=1S/C22H27N3O3/c1-2-9-21(28-17-18-10-5-3-6-11-18)16-20(24-25-23)14-15-27-22(26)19-12-7-4-8-13-19/h3-8,10-13,20-21H,2,9,14-17H2,1H3/t20-,21+/m1/s1. The number of hydrogen-bond acceptors (Lipinski definition) is 4. The molecule has 0 saturated heterocycles. The van der Waals surface area contributed by atoms with Crippen molar-refractivity contribution in [2.24, 2.45) is 5.11 Å². The summed E-state index contributed by atoms with van der Waals surface area (Å²) in [5, 5.41) is 3.88. The van der Waals surface area contributed by atoms with Crippen LogP contribution in [0.2, 0.25) is 0 Å². The van der Waals surface area contributed by atoms with Crippen LogP contribution in [0.5, 0.6) is 0 Å². The Kier molecular flexibility index (Phi) is 9.62. The second-order valence-corrected chi connectivity index (χ2v) is 6.59. The van der Waals surface area contributed by atoms with E-state index in [4.69, 9.17) is 15.0 Å². The Hall–Kier alpha value is -2.82. The lowest BCUT2D eigenvalue weighted by atomic mass is 10.0. The van der Waals surface area contributed by atoms with Crippen molar-refractivity contribution in [3.63, 3.8) is 0 Å². The third-order valence-electron chi connectivity index (χ3n) is 4.38. The second-order valence-electron chi connectivity index (χ2n) is 6.59. The fourth-order valence-corrected chi connectivity index (χ4v) is 2.92. The summed E-state index contributed by atoms with van der Waals surface area (Å²) in [5.74, 6) is -0.370. The zero-order valence-corrected chi connectivity index (χ0v) is 16.2. The molecule has 2 rings (SSSR count). The molecule has 0 aromatic heterocycles. The summed E-state index contributed by atoms with van der Waals surface area (Å²) in [6, 6.07) is 18.6. The number of hydrogen-bond donors (Lipinski definition) is 0. The SMILES string of the molecule is CCC[C@@H](C[C@@H](CCOC(=O)c1ccccc1)N=[N+]=[N-])OCc1ccccc1. The Morgan fingerprint density at radius 3 is 2.39 bits per heavy atom. The van der Waals surface area contributed by atoms with Gasteiger partial charge in [-0.2, -0.15) is 0 Å². The number of nitrogens with zero attached hydrogens (tertiary/aromatic N) is 3. The number of azide groups is 1. The van der Waals surface area contributed by atoms with Crippen molar-refractivity contribution in [1.29, 1.82) is 0 Å². The lowest BCUT2D eigenvalue weighted by Gasteiger charge is -2.21. The summed E-state index contributed by atoms with van der Waals surface area (Å²) in [5.41, 5.74) is 10.5. The maximum absolute atomic E-state index is 12.0. The van der Waals surface area contributed by atoms with Gasteiger partial charge in [-0.1, -0.05) is 67.0 Å². The van der Waals surface area contributed by atoms with Crippen LogP contribution in [0.25, 0.3) is 10.4 Å². The van der Waals surface area contributed by atoms with Crippen LogP contribution in [0, 0.1) is 0 Å². The maximum atomic E-state index is 12.0. The molecule has 148 valence electrons. The normalized spacial score (nSPS) is 12.6. The largest absolute Gasteiger partial charge is 0.462 e. The quantitative estimate of drug-likeness (QED) is 0.205. The predicted molar refractivity (Wildman–Crippen MR) is 109 cm³/mol. The predicted octanol–water partition coefficient (Wildman–Crippen LogP) is 5.69. The Balaban J connectivity index is 1.84. The smallest absolute Gasteiger partial charge is 0.338 e. The Bertz CT molecular complexity index is 746. The molecule has 0 fully saturated rings. The molecular weight excluding hydrogens is 354 g/mol. The van der Waals surface area contributed by atoms with E-state index in [-0.39, 0.29) is 24.7 Å². The molecule has 0 bridgehead atoms. The monoisotopic (exact) mass is 381 g/mol. The van der Waals surface area contributed by atoms with Crippen molar-refractivity contribution in [2.45, 2.75) is 51.4 Å². The van der Waals surface area contributed by atoms with Gasteiger partial charge in [0.05, 0.1) is 24.9 Å². The second kappa shape index (κ2) is 12.5. The molecule has 0 aliphatic rings. The van der Waals surface area contributed by atoms with Gasteiger partial charge in [-0.15, -0.1) is 0 Å². The van der Waals surface area contributed by atoms with Gasteiger partial charge in [0.2, 0.25) is 0 Å². The van der Waals surface area contributed by atoms with Crippen molar-refractivity contribution >= 4 is 5.97 Å². The van der Waals surface area contributed by atoms with Gasteiger partial charge in [-0.05, 0) is 42.5 Å². The number of esters is 1.